The second-order valence-corrected chi connectivity index (χ2v) is 6.13. The first kappa shape index (κ1) is 14.6. The molecule has 0 saturated carbocycles. The average molecular weight is 297 g/mol. The molecule has 0 aliphatic carbocycles. The Bertz CT molecular complexity index is 714. The molecule has 0 aliphatic rings. The minimum atomic E-state index is -3.65. The molecular weight excluding hydrogens is 278 g/mol. The first-order valence-electron chi connectivity index (χ1n) is 6.48. The fourth-order valence-corrected chi connectivity index (χ4v) is 3.61. The van der Waals surface area contributed by atoms with Crippen LogP contribution in [0.1, 0.15) is 25.2 Å². The average Bonchev–Trinajstić information content (AvgIpc) is 2.93. The molecule has 0 aliphatic heterocycles. The monoisotopic (exact) mass is 297 g/mol. The second kappa shape index (κ2) is 5.28. The molecule has 0 atom stereocenters. The Morgan fingerprint density at radius 1 is 1.25 bits per heavy atom. The molecule has 0 saturated heterocycles. The Balaban J connectivity index is 2.38. The highest BCUT2D eigenvalue weighted by Gasteiger charge is 2.24. The van der Waals surface area contributed by atoms with Crippen LogP contribution in [0.15, 0.2) is 17.3 Å². The highest BCUT2D eigenvalue weighted by molar-refractivity contribution is 7.92. The SMILES string of the molecule is CCn1cc(NS(=O)(=O)c2c(C)nn(CC)c2C)cn1. The van der Waals surface area contributed by atoms with Crippen LogP contribution in [0.4, 0.5) is 5.69 Å². The molecule has 0 fully saturated rings. The van der Waals surface area contributed by atoms with Gasteiger partial charge in [-0.1, -0.05) is 0 Å². The molecular formula is C12H19N5O2S. The van der Waals surface area contributed by atoms with Crippen molar-refractivity contribution in [1.82, 2.24) is 19.6 Å². The quantitative estimate of drug-likeness (QED) is 0.907. The number of aromatic nitrogens is 4. The molecule has 1 N–H and O–H groups in total. The van der Waals surface area contributed by atoms with Crippen LogP contribution in [0.5, 0.6) is 0 Å². The molecule has 2 aromatic heterocycles. The van der Waals surface area contributed by atoms with Gasteiger partial charge < -0.3 is 0 Å². The summed E-state index contributed by atoms with van der Waals surface area (Å²) in [4.78, 5) is 0.239. The third kappa shape index (κ3) is 2.55. The molecule has 0 amide bonds. The zero-order valence-electron chi connectivity index (χ0n) is 12.1. The number of sulfonamides is 1. The zero-order valence-corrected chi connectivity index (χ0v) is 12.9. The van der Waals surface area contributed by atoms with Crippen molar-refractivity contribution in [2.75, 3.05) is 4.72 Å². The van der Waals surface area contributed by atoms with Crippen LogP contribution in [0.2, 0.25) is 0 Å². The molecule has 0 radical (unpaired) electrons. The highest BCUT2D eigenvalue weighted by Crippen LogP contribution is 2.22. The standard InChI is InChI=1S/C12H19N5O2S/c1-5-16-8-11(7-13-16)15-20(18,19)12-9(3)14-17(6-2)10(12)4/h7-8,15H,5-6H2,1-4H3. The Labute approximate surface area is 118 Å². The van der Waals surface area contributed by atoms with Crippen LogP contribution in [0, 0.1) is 13.8 Å². The van der Waals surface area contributed by atoms with Gasteiger partial charge in [0, 0.05) is 19.3 Å². The Hall–Kier alpha value is -1.83. The van der Waals surface area contributed by atoms with E-state index in [1.54, 1.807) is 29.4 Å². The van der Waals surface area contributed by atoms with E-state index >= 15 is 0 Å². The highest BCUT2D eigenvalue weighted by atomic mass is 32.2. The topological polar surface area (TPSA) is 81.8 Å². The van der Waals surface area contributed by atoms with E-state index in [1.165, 1.54) is 6.20 Å². The molecule has 110 valence electrons. The van der Waals surface area contributed by atoms with Gasteiger partial charge in [0.25, 0.3) is 10.0 Å². The molecule has 2 heterocycles. The minimum Gasteiger partial charge on any atom is -0.276 e. The number of nitrogens with zero attached hydrogens (tertiary/aromatic N) is 4. The number of anilines is 1. The Morgan fingerprint density at radius 2 is 1.95 bits per heavy atom. The van der Waals surface area contributed by atoms with Gasteiger partial charge in [-0.15, -0.1) is 0 Å². The summed E-state index contributed by atoms with van der Waals surface area (Å²) in [5.74, 6) is 0. The van der Waals surface area contributed by atoms with Crippen molar-refractivity contribution in [3.63, 3.8) is 0 Å². The van der Waals surface area contributed by atoms with Crippen LogP contribution >= 0.6 is 0 Å². The van der Waals surface area contributed by atoms with Crippen molar-refractivity contribution in [2.45, 2.75) is 45.7 Å². The molecule has 8 heteroatoms. The third-order valence-corrected chi connectivity index (χ3v) is 4.73. The van der Waals surface area contributed by atoms with E-state index in [0.29, 0.717) is 30.2 Å². The van der Waals surface area contributed by atoms with Crippen molar-refractivity contribution < 1.29 is 8.42 Å². The Kier molecular flexibility index (Phi) is 3.85. The Morgan fingerprint density at radius 3 is 2.45 bits per heavy atom. The van der Waals surface area contributed by atoms with Crippen molar-refractivity contribution in [3.8, 4) is 0 Å². The molecule has 2 rings (SSSR count). The van der Waals surface area contributed by atoms with E-state index in [1.807, 2.05) is 13.8 Å². The van der Waals surface area contributed by atoms with E-state index in [-0.39, 0.29) is 4.90 Å². The largest absolute Gasteiger partial charge is 0.276 e. The number of hydrogen-bond acceptors (Lipinski definition) is 4. The first-order valence-corrected chi connectivity index (χ1v) is 7.96. The van der Waals surface area contributed by atoms with Crippen molar-refractivity contribution >= 4 is 15.7 Å². The summed E-state index contributed by atoms with van der Waals surface area (Å²) in [6.45, 7) is 8.64. The maximum Gasteiger partial charge on any atom is 0.265 e. The van der Waals surface area contributed by atoms with Gasteiger partial charge in [0.05, 0.1) is 23.3 Å². The second-order valence-electron chi connectivity index (χ2n) is 4.51. The number of nitrogens with one attached hydrogen (secondary N) is 1. The normalized spacial score (nSPS) is 11.8. The predicted octanol–water partition coefficient (Wildman–Crippen LogP) is 1.54. The molecule has 0 bridgehead atoms. The maximum absolute atomic E-state index is 12.5. The molecule has 0 unspecified atom stereocenters. The van der Waals surface area contributed by atoms with Gasteiger partial charge in [0.15, 0.2) is 0 Å². The lowest BCUT2D eigenvalue weighted by Gasteiger charge is -2.06. The smallest absolute Gasteiger partial charge is 0.265 e. The lowest BCUT2D eigenvalue weighted by molar-refractivity contribution is 0.598. The van der Waals surface area contributed by atoms with E-state index in [2.05, 4.69) is 14.9 Å². The van der Waals surface area contributed by atoms with Gasteiger partial charge >= 0.3 is 0 Å². The minimum absolute atomic E-state index is 0.239. The summed E-state index contributed by atoms with van der Waals surface area (Å²) in [5, 5.41) is 8.28. The summed E-state index contributed by atoms with van der Waals surface area (Å²) in [7, 11) is -3.65. The molecule has 0 aromatic carbocycles. The number of rotatable bonds is 5. The summed E-state index contributed by atoms with van der Waals surface area (Å²) in [6, 6.07) is 0. The van der Waals surface area contributed by atoms with Crippen LogP contribution in [-0.4, -0.2) is 28.0 Å². The van der Waals surface area contributed by atoms with Crippen LogP contribution in [0.3, 0.4) is 0 Å². The molecule has 0 spiro atoms. The molecule has 2 aromatic rings. The first-order chi connectivity index (χ1) is 9.39. The number of hydrogen-bond donors (Lipinski definition) is 1. The van der Waals surface area contributed by atoms with E-state index < -0.39 is 10.0 Å². The van der Waals surface area contributed by atoms with E-state index in [9.17, 15) is 8.42 Å². The van der Waals surface area contributed by atoms with Crippen LogP contribution in [0.25, 0.3) is 0 Å². The van der Waals surface area contributed by atoms with Gasteiger partial charge in [0.2, 0.25) is 0 Å². The fraction of sp³-hybridized carbons (Fsp3) is 0.500. The summed E-state index contributed by atoms with van der Waals surface area (Å²) in [6.07, 6.45) is 3.16. The van der Waals surface area contributed by atoms with Crippen molar-refractivity contribution in [3.05, 3.63) is 23.8 Å². The lowest BCUT2D eigenvalue weighted by atomic mass is 10.4. The van der Waals surface area contributed by atoms with Crippen LogP contribution in [-0.2, 0) is 23.1 Å². The zero-order chi connectivity index (χ0) is 14.9. The lowest BCUT2D eigenvalue weighted by Crippen LogP contribution is -2.14. The summed E-state index contributed by atoms with van der Waals surface area (Å²) < 4.78 is 30.8. The molecule has 20 heavy (non-hydrogen) atoms. The fourth-order valence-electron chi connectivity index (χ4n) is 2.17. The van der Waals surface area contributed by atoms with Crippen LogP contribution < -0.4 is 4.72 Å². The maximum atomic E-state index is 12.5. The van der Waals surface area contributed by atoms with Gasteiger partial charge in [-0.25, -0.2) is 8.42 Å². The van der Waals surface area contributed by atoms with Gasteiger partial charge in [0.1, 0.15) is 4.90 Å². The van der Waals surface area contributed by atoms with Crippen molar-refractivity contribution in [1.29, 1.82) is 0 Å². The number of aryl methyl sites for hydroxylation is 3. The summed E-state index contributed by atoms with van der Waals surface area (Å²) in [5.41, 5.74) is 1.59. The van der Waals surface area contributed by atoms with Crippen molar-refractivity contribution in [2.24, 2.45) is 0 Å². The van der Waals surface area contributed by atoms with Gasteiger partial charge in [-0.05, 0) is 27.7 Å². The third-order valence-electron chi connectivity index (χ3n) is 3.09. The van der Waals surface area contributed by atoms with Gasteiger partial charge in [-0.3, -0.25) is 14.1 Å². The molecule has 7 nitrogen and oxygen atoms in total. The predicted molar refractivity (Wildman–Crippen MR) is 76.1 cm³/mol. The summed E-state index contributed by atoms with van der Waals surface area (Å²) >= 11 is 0. The van der Waals surface area contributed by atoms with E-state index in [0.717, 1.165) is 0 Å². The van der Waals surface area contributed by atoms with E-state index in [4.69, 9.17) is 0 Å². The van der Waals surface area contributed by atoms with Gasteiger partial charge in [-0.2, -0.15) is 10.2 Å².